The lowest BCUT2D eigenvalue weighted by Crippen LogP contribution is -2.36. The molecule has 7 heteroatoms. The van der Waals surface area contributed by atoms with Crippen LogP contribution in [0, 0.1) is 23.7 Å². The molecule has 154 valence electrons. The van der Waals surface area contributed by atoms with Gasteiger partial charge in [-0.05, 0) is 55.2 Å². The zero-order chi connectivity index (χ0) is 20.8. The minimum Gasteiger partial charge on any atom is -0.481 e. The topological polar surface area (TPSA) is 95.5 Å². The summed E-state index contributed by atoms with van der Waals surface area (Å²) in [4.78, 5) is 39.1. The molecule has 1 aromatic heterocycles. The standard InChI is InChI=1S/C23H22N2O4S/c26-20(17-12-9-10-13(11-12)18(17)23(28)29)25-22-19(15-7-4-8-16(15)30-22)21(27)24-14-5-2-1-3-6-14/h1-3,5-6,9-10,12-13,17-18H,4,7-8,11H2,(H,24,27)(H,25,26)(H,28,29)/t12-,13-,17+,18+/m0/s1. The van der Waals surface area contributed by atoms with Gasteiger partial charge in [0.1, 0.15) is 5.00 Å². The van der Waals surface area contributed by atoms with Gasteiger partial charge < -0.3 is 15.7 Å². The normalized spacial score (nSPS) is 25.9. The minimum absolute atomic E-state index is 0.0514. The van der Waals surface area contributed by atoms with Crippen molar-refractivity contribution in [2.24, 2.45) is 23.7 Å². The molecule has 1 heterocycles. The summed E-state index contributed by atoms with van der Waals surface area (Å²) in [6, 6.07) is 9.23. The Kier molecular flexibility index (Phi) is 4.70. The molecule has 2 amide bonds. The van der Waals surface area contributed by atoms with Gasteiger partial charge in [-0.3, -0.25) is 14.4 Å². The quantitative estimate of drug-likeness (QED) is 0.636. The molecule has 2 aromatic rings. The van der Waals surface area contributed by atoms with Crippen LogP contribution in [0.2, 0.25) is 0 Å². The molecule has 0 aliphatic heterocycles. The average Bonchev–Trinajstić information content (AvgIpc) is 3.48. The van der Waals surface area contributed by atoms with Crippen LogP contribution >= 0.6 is 11.3 Å². The molecule has 5 rings (SSSR count). The van der Waals surface area contributed by atoms with Gasteiger partial charge >= 0.3 is 5.97 Å². The van der Waals surface area contributed by atoms with Crippen LogP contribution in [-0.2, 0) is 22.4 Å². The van der Waals surface area contributed by atoms with E-state index in [2.05, 4.69) is 10.6 Å². The number of amides is 2. The Morgan fingerprint density at radius 1 is 0.967 bits per heavy atom. The summed E-state index contributed by atoms with van der Waals surface area (Å²) in [5.74, 6) is -2.90. The number of carbonyl (C=O) groups is 3. The molecule has 0 saturated heterocycles. The number of thiophene rings is 1. The number of para-hydroxylation sites is 1. The van der Waals surface area contributed by atoms with E-state index in [-0.39, 0.29) is 23.7 Å². The first-order valence-corrected chi connectivity index (χ1v) is 11.1. The minimum atomic E-state index is -0.928. The average molecular weight is 423 g/mol. The first kappa shape index (κ1) is 19.1. The molecule has 2 bridgehead atoms. The maximum atomic E-state index is 13.1. The van der Waals surface area contributed by atoms with Crippen LogP contribution in [0.4, 0.5) is 10.7 Å². The Balaban J connectivity index is 1.42. The number of carbonyl (C=O) groups excluding carboxylic acids is 2. The van der Waals surface area contributed by atoms with Crippen LogP contribution in [0.3, 0.4) is 0 Å². The predicted molar refractivity (Wildman–Crippen MR) is 115 cm³/mol. The summed E-state index contributed by atoms with van der Waals surface area (Å²) in [5.41, 5.74) is 2.23. The van der Waals surface area contributed by atoms with Gasteiger partial charge in [-0.1, -0.05) is 30.4 Å². The van der Waals surface area contributed by atoms with Crippen LogP contribution in [0.25, 0.3) is 0 Å². The van der Waals surface area contributed by atoms with Crippen molar-refractivity contribution in [2.75, 3.05) is 10.6 Å². The molecule has 3 aliphatic carbocycles. The van der Waals surface area contributed by atoms with Crippen molar-refractivity contribution in [1.82, 2.24) is 0 Å². The predicted octanol–water partition coefficient (Wildman–Crippen LogP) is 3.95. The van der Waals surface area contributed by atoms with Crippen molar-refractivity contribution in [2.45, 2.75) is 25.7 Å². The summed E-state index contributed by atoms with van der Waals surface area (Å²) in [7, 11) is 0. The van der Waals surface area contributed by atoms with E-state index in [1.807, 2.05) is 42.5 Å². The maximum absolute atomic E-state index is 13.1. The second kappa shape index (κ2) is 7.40. The van der Waals surface area contributed by atoms with Crippen molar-refractivity contribution >= 4 is 39.8 Å². The first-order chi connectivity index (χ1) is 14.5. The van der Waals surface area contributed by atoms with E-state index in [1.54, 1.807) is 0 Å². The van der Waals surface area contributed by atoms with Crippen molar-refractivity contribution in [3.8, 4) is 0 Å². The largest absolute Gasteiger partial charge is 0.481 e. The Bertz CT molecular complexity index is 1060. The molecule has 0 spiro atoms. The molecule has 3 N–H and O–H groups in total. The number of fused-ring (bicyclic) bond motifs is 3. The van der Waals surface area contributed by atoms with Crippen molar-refractivity contribution in [3.63, 3.8) is 0 Å². The molecule has 30 heavy (non-hydrogen) atoms. The lowest BCUT2D eigenvalue weighted by atomic mass is 9.82. The Morgan fingerprint density at radius 3 is 2.43 bits per heavy atom. The van der Waals surface area contributed by atoms with E-state index in [0.29, 0.717) is 22.7 Å². The van der Waals surface area contributed by atoms with Crippen molar-refractivity contribution in [1.29, 1.82) is 0 Å². The molecule has 6 nitrogen and oxygen atoms in total. The molecular formula is C23H22N2O4S. The number of allylic oxidation sites excluding steroid dienone is 2. The molecule has 0 radical (unpaired) electrons. The third-order valence-electron chi connectivity index (χ3n) is 6.46. The van der Waals surface area contributed by atoms with Gasteiger partial charge in [-0.25, -0.2) is 0 Å². The fourth-order valence-electron chi connectivity index (χ4n) is 5.16. The van der Waals surface area contributed by atoms with E-state index in [9.17, 15) is 19.5 Å². The monoisotopic (exact) mass is 422 g/mol. The van der Waals surface area contributed by atoms with Gasteiger partial charge in [-0.2, -0.15) is 0 Å². The van der Waals surface area contributed by atoms with Gasteiger partial charge in [0.2, 0.25) is 5.91 Å². The van der Waals surface area contributed by atoms with E-state index in [4.69, 9.17) is 0 Å². The summed E-state index contributed by atoms with van der Waals surface area (Å²) < 4.78 is 0. The number of rotatable bonds is 5. The molecule has 0 unspecified atom stereocenters. The van der Waals surface area contributed by atoms with Crippen molar-refractivity contribution < 1.29 is 19.5 Å². The smallest absolute Gasteiger partial charge is 0.307 e. The van der Waals surface area contributed by atoms with Gasteiger partial charge in [0.05, 0.1) is 17.4 Å². The number of carboxylic acids is 1. The second-order valence-corrected chi connectivity index (χ2v) is 9.31. The number of aryl methyl sites for hydroxylation is 1. The number of carboxylic acid groups (broad SMARTS) is 1. The van der Waals surface area contributed by atoms with Gasteiger partial charge in [-0.15, -0.1) is 11.3 Å². The fraction of sp³-hybridized carbons (Fsp3) is 0.348. The Labute approximate surface area is 178 Å². The first-order valence-electron chi connectivity index (χ1n) is 10.3. The molecule has 1 aromatic carbocycles. The lowest BCUT2D eigenvalue weighted by Gasteiger charge is -2.23. The summed E-state index contributed by atoms with van der Waals surface area (Å²) >= 11 is 1.45. The number of nitrogens with one attached hydrogen (secondary N) is 2. The van der Waals surface area contributed by atoms with E-state index in [0.717, 1.165) is 29.7 Å². The molecule has 1 saturated carbocycles. The fourth-order valence-corrected chi connectivity index (χ4v) is 6.45. The number of hydrogen-bond acceptors (Lipinski definition) is 4. The number of aliphatic carboxylic acids is 1. The van der Waals surface area contributed by atoms with Crippen molar-refractivity contribution in [3.05, 3.63) is 58.5 Å². The molecule has 1 fully saturated rings. The number of anilines is 2. The van der Waals surface area contributed by atoms with E-state index >= 15 is 0 Å². The van der Waals surface area contributed by atoms with Crippen LogP contribution in [-0.4, -0.2) is 22.9 Å². The Morgan fingerprint density at radius 2 is 1.70 bits per heavy atom. The highest BCUT2D eigenvalue weighted by atomic mass is 32.1. The number of benzene rings is 1. The van der Waals surface area contributed by atoms with Crippen LogP contribution < -0.4 is 10.6 Å². The summed E-state index contributed by atoms with van der Waals surface area (Å²) in [6.45, 7) is 0. The zero-order valence-electron chi connectivity index (χ0n) is 16.3. The SMILES string of the molecule is O=C(Nc1ccccc1)c1c(NC(=O)[C@H]2[C@H](C(=O)O)[C@H]3C=C[C@H]2C3)sc2c1CCC2. The van der Waals surface area contributed by atoms with Crippen LogP contribution in [0.15, 0.2) is 42.5 Å². The maximum Gasteiger partial charge on any atom is 0.307 e. The van der Waals surface area contributed by atoms with Gasteiger partial charge in [0, 0.05) is 10.6 Å². The molecular weight excluding hydrogens is 400 g/mol. The highest BCUT2D eigenvalue weighted by molar-refractivity contribution is 7.17. The lowest BCUT2D eigenvalue weighted by molar-refractivity contribution is -0.146. The number of hydrogen-bond donors (Lipinski definition) is 3. The van der Waals surface area contributed by atoms with Crippen LogP contribution in [0.1, 0.15) is 33.6 Å². The van der Waals surface area contributed by atoms with E-state index < -0.39 is 17.8 Å². The highest BCUT2D eigenvalue weighted by Gasteiger charge is 2.51. The molecule has 3 aliphatic rings. The summed E-state index contributed by atoms with van der Waals surface area (Å²) in [5, 5.41) is 16.0. The molecule has 4 atom stereocenters. The summed E-state index contributed by atoms with van der Waals surface area (Å²) in [6.07, 6.45) is 7.30. The van der Waals surface area contributed by atoms with Gasteiger partial charge in [0.15, 0.2) is 0 Å². The highest BCUT2D eigenvalue weighted by Crippen LogP contribution is 2.49. The third kappa shape index (κ3) is 3.13. The Hall–Kier alpha value is -2.93. The van der Waals surface area contributed by atoms with E-state index in [1.165, 1.54) is 11.3 Å². The third-order valence-corrected chi connectivity index (χ3v) is 7.67. The second-order valence-electron chi connectivity index (χ2n) is 8.21. The van der Waals surface area contributed by atoms with Crippen LogP contribution in [0.5, 0.6) is 0 Å². The zero-order valence-corrected chi connectivity index (χ0v) is 17.1. The van der Waals surface area contributed by atoms with Gasteiger partial charge in [0.25, 0.3) is 5.91 Å².